The predicted molar refractivity (Wildman–Crippen MR) is 190 cm³/mol. The van der Waals surface area contributed by atoms with Gasteiger partial charge in [0, 0.05) is 18.8 Å². The lowest BCUT2D eigenvalue weighted by atomic mass is 10.1. The first-order valence-corrected chi connectivity index (χ1v) is 19.1. The Morgan fingerprint density at radius 3 is 1.34 bits per heavy atom. The van der Waals surface area contributed by atoms with Crippen molar-refractivity contribution in [1.82, 2.24) is 0 Å². The summed E-state index contributed by atoms with van der Waals surface area (Å²) in [5.74, 6) is 0. The second-order valence-corrected chi connectivity index (χ2v) is 14.1. The van der Waals surface area contributed by atoms with Gasteiger partial charge in [0.05, 0.1) is 20.7 Å². The zero-order valence-electron chi connectivity index (χ0n) is 30.1. The Bertz CT molecular complexity index is 683. The molecule has 0 saturated heterocycles. The van der Waals surface area contributed by atoms with Gasteiger partial charge in [0.1, 0.15) is 19.2 Å². The van der Waals surface area contributed by atoms with E-state index in [9.17, 15) is 0 Å². The molecule has 0 radical (unpaired) electrons. The molecule has 1 unspecified atom stereocenters. The van der Waals surface area contributed by atoms with E-state index >= 15 is 0 Å². The van der Waals surface area contributed by atoms with Crippen LogP contribution in [0.25, 0.3) is 0 Å². The zero-order valence-corrected chi connectivity index (χ0v) is 32.3. The minimum absolute atomic E-state index is 0. The number of likely N-dealkylation sites (N-methyl/N-ethyl adjacent to an activating group) is 1. The van der Waals surface area contributed by atoms with Gasteiger partial charge in [-0.1, -0.05) is 185 Å². The normalized spacial score (nSPS) is 12.4. The van der Waals surface area contributed by atoms with E-state index in [2.05, 4.69) is 58.3 Å². The molecule has 0 aromatic heterocycles. The average molecular weight is 730 g/mol. The van der Waals surface area contributed by atoms with Gasteiger partial charge in [-0.3, -0.25) is 0 Å². The lowest BCUT2D eigenvalue weighted by Crippen LogP contribution is -3.00. The molecule has 44 heavy (non-hydrogen) atoms. The number of benzene rings is 1. The molecule has 0 aliphatic heterocycles. The van der Waals surface area contributed by atoms with Gasteiger partial charge in [0.2, 0.25) is 0 Å². The van der Waals surface area contributed by atoms with E-state index in [4.69, 9.17) is 9.47 Å². The van der Waals surface area contributed by atoms with Crippen LogP contribution in [0.5, 0.6) is 0 Å². The van der Waals surface area contributed by atoms with Gasteiger partial charge < -0.3 is 37.9 Å². The second-order valence-electron chi connectivity index (χ2n) is 14.1. The van der Waals surface area contributed by atoms with Crippen molar-refractivity contribution >= 4 is 0 Å². The van der Waals surface area contributed by atoms with Crippen LogP contribution in [0.2, 0.25) is 0 Å². The average Bonchev–Trinajstić information content (AvgIpc) is 2.99. The first-order valence-electron chi connectivity index (χ1n) is 19.1. The minimum Gasteiger partial charge on any atom is -1.00 e. The first kappa shape index (κ1) is 43.8. The third-order valence-corrected chi connectivity index (χ3v) is 8.95. The van der Waals surface area contributed by atoms with E-state index in [1.165, 1.54) is 160 Å². The lowest BCUT2D eigenvalue weighted by molar-refractivity contribution is -0.906. The third-order valence-electron chi connectivity index (χ3n) is 8.95. The topological polar surface area (TPSA) is 18.5 Å². The van der Waals surface area contributed by atoms with Crippen LogP contribution in [-0.2, 0) is 16.0 Å². The zero-order chi connectivity index (χ0) is 31.1. The monoisotopic (exact) mass is 729 g/mol. The summed E-state index contributed by atoms with van der Waals surface area (Å²) in [6, 6.07) is 10.9. The number of halogens is 1. The fourth-order valence-electron chi connectivity index (χ4n) is 6.30. The molecule has 0 N–H and O–H groups in total. The minimum atomic E-state index is 0. The van der Waals surface area contributed by atoms with Crippen molar-refractivity contribution in [2.45, 2.75) is 181 Å². The SMILES string of the molecule is CCCCCCCCCCCCCCOCC(C[N+](C)(C)Cc1ccccc1)OCCCCCCCCCCCCCC.[I-]. The molecule has 260 valence electrons. The van der Waals surface area contributed by atoms with E-state index in [-0.39, 0.29) is 30.1 Å². The van der Waals surface area contributed by atoms with Crippen molar-refractivity contribution in [2.24, 2.45) is 0 Å². The molecule has 0 aliphatic rings. The van der Waals surface area contributed by atoms with Crippen LogP contribution in [0.3, 0.4) is 0 Å². The Morgan fingerprint density at radius 2 is 0.909 bits per heavy atom. The summed E-state index contributed by atoms with van der Waals surface area (Å²) >= 11 is 0. The Kier molecular flexibility index (Phi) is 32.6. The molecule has 0 amide bonds. The molecule has 0 bridgehead atoms. The van der Waals surface area contributed by atoms with Crippen molar-refractivity contribution in [3.8, 4) is 0 Å². The van der Waals surface area contributed by atoms with E-state index in [1.807, 2.05) is 0 Å². The van der Waals surface area contributed by atoms with Crippen molar-refractivity contribution in [3.63, 3.8) is 0 Å². The fourth-order valence-corrected chi connectivity index (χ4v) is 6.30. The molecule has 0 spiro atoms. The molecule has 1 atom stereocenters. The Hall–Kier alpha value is -0.170. The summed E-state index contributed by atoms with van der Waals surface area (Å²) in [6.45, 7) is 9.09. The van der Waals surface area contributed by atoms with Gasteiger partial charge in [-0.15, -0.1) is 0 Å². The number of unbranched alkanes of at least 4 members (excludes halogenated alkanes) is 22. The molecule has 0 aliphatic carbocycles. The standard InChI is InChI=1S/C40H76NO2.HI/c1-5-7-9-11-13-15-17-19-21-23-25-30-34-42-38-40(37-41(3,4)36-39-32-28-27-29-33-39)43-35-31-26-24-22-20-18-16-14-12-10-8-6-2;/h27-29,32-33,40H,5-26,30-31,34-38H2,1-4H3;1H/q+1;/p-1. The molecule has 1 rings (SSSR count). The Balaban J connectivity index is 0.0000185. The maximum absolute atomic E-state index is 6.48. The molecular weight excluding hydrogens is 653 g/mol. The van der Waals surface area contributed by atoms with Crippen molar-refractivity contribution in [2.75, 3.05) is 40.5 Å². The van der Waals surface area contributed by atoms with Crippen LogP contribution in [0.15, 0.2) is 30.3 Å². The summed E-state index contributed by atoms with van der Waals surface area (Å²) in [5.41, 5.74) is 1.39. The predicted octanol–water partition coefficient (Wildman–Crippen LogP) is 9.07. The first-order chi connectivity index (χ1) is 21.1. The van der Waals surface area contributed by atoms with E-state index in [0.29, 0.717) is 0 Å². The van der Waals surface area contributed by atoms with Crippen molar-refractivity contribution < 1.29 is 37.9 Å². The molecule has 4 heteroatoms. The maximum Gasteiger partial charge on any atom is 0.130 e. The van der Waals surface area contributed by atoms with E-state index in [0.717, 1.165) is 37.4 Å². The summed E-state index contributed by atoms with van der Waals surface area (Å²) in [6.07, 6.45) is 33.4. The smallest absolute Gasteiger partial charge is 0.130 e. The van der Waals surface area contributed by atoms with Gasteiger partial charge in [-0.2, -0.15) is 0 Å². The van der Waals surface area contributed by atoms with Crippen LogP contribution in [0, 0.1) is 0 Å². The Labute approximate surface area is 293 Å². The van der Waals surface area contributed by atoms with E-state index in [1.54, 1.807) is 0 Å². The van der Waals surface area contributed by atoms with Crippen molar-refractivity contribution in [1.29, 1.82) is 0 Å². The maximum atomic E-state index is 6.48. The second kappa shape index (κ2) is 32.8. The molecule has 1 aromatic rings. The third kappa shape index (κ3) is 29.2. The molecule has 0 heterocycles. The molecule has 3 nitrogen and oxygen atoms in total. The summed E-state index contributed by atoms with van der Waals surface area (Å²) in [5, 5.41) is 0. The van der Waals surface area contributed by atoms with Gasteiger partial charge in [-0.05, 0) is 12.8 Å². The number of hydrogen-bond acceptors (Lipinski definition) is 2. The Morgan fingerprint density at radius 1 is 0.523 bits per heavy atom. The fraction of sp³-hybridized carbons (Fsp3) is 0.850. The molecular formula is C40H76INO2. The molecule has 1 aromatic carbocycles. The largest absolute Gasteiger partial charge is 1.00 e. The molecule has 0 saturated carbocycles. The van der Waals surface area contributed by atoms with E-state index < -0.39 is 0 Å². The number of quaternary nitrogens is 1. The highest BCUT2D eigenvalue weighted by atomic mass is 127. The number of hydrogen-bond donors (Lipinski definition) is 0. The lowest BCUT2D eigenvalue weighted by Gasteiger charge is -2.33. The van der Waals surface area contributed by atoms with Gasteiger partial charge in [0.15, 0.2) is 0 Å². The van der Waals surface area contributed by atoms with Crippen LogP contribution in [0.1, 0.15) is 174 Å². The van der Waals surface area contributed by atoms with Gasteiger partial charge in [0.25, 0.3) is 0 Å². The number of ether oxygens (including phenoxy) is 2. The number of rotatable bonds is 33. The van der Waals surface area contributed by atoms with Crippen molar-refractivity contribution in [3.05, 3.63) is 35.9 Å². The summed E-state index contributed by atoms with van der Waals surface area (Å²) in [4.78, 5) is 0. The quantitative estimate of drug-likeness (QED) is 0.0409. The van der Waals surface area contributed by atoms with Crippen LogP contribution in [0.4, 0.5) is 0 Å². The van der Waals surface area contributed by atoms with Crippen LogP contribution < -0.4 is 24.0 Å². The summed E-state index contributed by atoms with van der Waals surface area (Å²) in [7, 11) is 4.66. The molecule has 0 fully saturated rings. The van der Waals surface area contributed by atoms with Gasteiger partial charge in [-0.25, -0.2) is 0 Å². The highest BCUT2D eigenvalue weighted by Crippen LogP contribution is 2.15. The highest BCUT2D eigenvalue weighted by molar-refractivity contribution is 5.13. The van der Waals surface area contributed by atoms with Crippen LogP contribution >= 0.6 is 0 Å². The summed E-state index contributed by atoms with van der Waals surface area (Å²) < 4.78 is 13.6. The highest BCUT2D eigenvalue weighted by Gasteiger charge is 2.23. The van der Waals surface area contributed by atoms with Gasteiger partial charge >= 0.3 is 0 Å². The van der Waals surface area contributed by atoms with Crippen LogP contribution in [-0.4, -0.2) is 51.0 Å². The number of nitrogens with zero attached hydrogens (tertiary/aromatic N) is 1.